The molecule has 1 heterocycles. The number of hydrogen-bond donors (Lipinski definition) is 3. The molecule has 3 N–H and O–H groups in total. The van der Waals surface area contributed by atoms with Crippen molar-refractivity contribution in [3.63, 3.8) is 0 Å². The molecule has 1 aromatic carbocycles. The molecule has 0 atom stereocenters. The van der Waals surface area contributed by atoms with Crippen molar-refractivity contribution in [3.8, 4) is 0 Å². The Balaban J connectivity index is 1.96. The van der Waals surface area contributed by atoms with Crippen molar-refractivity contribution in [2.45, 2.75) is 32.0 Å². The van der Waals surface area contributed by atoms with Crippen LogP contribution in [0, 0.1) is 0 Å². The van der Waals surface area contributed by atoms with Gasteiger partial charge in [-0.15, -0.1) is 5.10 Å². The van der Waals surface area contributed by atoms with Gasteiger partial charge in [0.1, 0.15) is 0 Å². The first-order chi connectivity index (χ1) is 12.0. The Bertz CT molecular complexity index is 799. The van der Waals surface area contributed by atoms with Gasteiger partial charge in [0.25, 0.3) is 5.91 Å². The average molecular weight is 363 g/mol. The van der Waals surface area contributed by atoms with Crippen molar-refractivity contribution in [2.75, 3.05) is 17.6 Å². The number of anilines is 1. The molecular formula is C16H21N5O3S. The number of carbonyl (C=O) groups is 2. The molecule has 8 nitrogen and oxygen atoms in total. The topological polar surface area (TPSA) is 109 Å². The van der Waals surface area contributed by atoms with Gasteiger partial charge in [-0.3, -0.25) is 14.2 Å². The van der Waals surface area contributed by atoms with E-state index in [0.717, 1.165) is 6.42 Å². The zero-order valence-electron chi connectivity index (χ0n) is 14.2. The molecule has 0 bridgehead atoms. The molecule has 2 amide bonds. The molecule has 0 aliphatic heterocycles. The van der Waals surface area contributed by atoms with Gasteiger partial charge in [-0.25, -0.2) is 9.89 Å². The van der Waals surface area contributed by atoms with Gasteiger partial charge in [0.05, 0.1) is 5.75 Å². The van der Waals surface area contributed by atoms with E-state index in [-0.39, 0.29) is 23.3 Å². The van der Waals surface area contributed by atoms with Crippen LogP contribution in [0.4, 0.5) is 5.69 Å². The minimum Gasteiger partial charge on any atom is -0.352 e. The average Bonchev–Trinajstić information content (AvgIpc) is 2.94. The van der Waals surface area contributed by atoms with E-state index < -0.39 is 0 Å². The van der Waals surface area contributed by atoms with E-state index in [9.17, 15) is 14.4 Å². The second kappa shape index (κ2) is 9.07. The lowest BCUT2D eigenvalue weighted by Crippen LogP contribution is -2.23. The number of rotatable bonds is 8. The first kappa shape index (κ1) is 18.8. The second-order valence-corrected chi connectivity index (χ2v) is 6.18. The van der Waals surface area contributed by atoms with Crippen LogP contribution in [-0.2, 0) is 11.3 Å². The molecule has 0 spiro atoms. The van der Waals surface area contributed by atoms with Crippen LogP contribution in [0.25, 0.3) is 0 Å². The normalized spacial score (nSPS) is 10.5. The molecule has 134 valence electrons. The molecule has 0 saturated heterocycles. The lowest BCUT2D eigenvalue weighted by molar-refractivity contribution is -0.113. The predicted molar refractivity (Wildman–Crippen MR) is 96.9 cm³/mol. The van der Waals surface area contributed by atoms with E-state index in [1.54, 1.807) is 24.3 Å². The highest BCUT2D eigenvalue weighted by molar-refractivity contribution is 7.99. The number of H-pyrrole nitrogens is 1. The molecule has 2 aromatic rings. The van der Waals surface area contributed by atoms with E-state index in [0.29, 0.717) is 29.5 Å². The lowest BCUT2D eigenvalue weighted by atomic mass is 10.2. The summed E-state index contributed by atoms with van der Waals surface area (Å²) in [6.07, 6.45) is 0.797. The summed E-state index contributed by atoms with van der Waals surface area (Å²) in [7, 11) is 0. The molecule has 1 aromatic heterocycles. The van der Waals surface area contributed by atoms with Crippen LogP contribution < -0.4 is 16.3 Å². The van der Waals surface area contributed by atoms with Gasteiger partial charge in [0.2, 0.25) is 5.91 Å². The van der Waals surface area contributed by atoms with Crippen LogP contribution in [0.5, 0.6) is 0 Å². The van der Waals surface area contributed by atoms with Crippen molar-refractivity contribution in [1.82, 2.24) is 20.1 Å². The van der Waals surface area contributed by atoms with Gasteiger partial charge < -0.3 is 10.6 Å². The van der Waals surface area contributed by atoms with E-state index >= 15 is 0 Å². The number of nitrogens with zero attached hydrogens (tertiary/aromatic N) is 2. The Morgan fingerprint density at radius 1 is 1.32 bits per heavy atom. The van der Waals surface area contributed by atoms with Crippen LogP contribution >= 0.6 is 11.8 Å². The summed E-state index contributed by atoms with van der Waals surface area (Å²) in [6, 6.07) is 6.73. The predicted octanol–water partition coefficient (Wildman–Crippen LogP) is 1.46. The van der Waals surface area contributed by atoms with Gasteiger partial charge in [-0.05, 0) is 31.5 Å². The van der Waals surface area contributed by atoms with Gasteiger partial charge in [0, 0.05) is 24.3 Å². The number of benzene rings is 1. The summed E-state index contributed by atoms with van der Waals surface area (Å²) >= 11 is 1.18. The minimum atomic E-state index is -0.278. The van der Waals surface area contributed by atoms with E-state index in [4.69, 9.17) is 0 Å². The second-order valence-electron chi connectivity index (χ2n) is 5.24. The van der Waals surface area contributed by atoms with Gasteiger partial charge in [0.15, 0.2) is 5.16 Å². The molecule has 25 heavy (non-hydrogen) atoms. The van der Waals surface area contributed by atoms with Gasteiger partial charge in [-0.1, -0.05) is 24.8 Å². The van der Waals surface area contributed by atoms with E-state index in [1.807, 2.05) is 13.8 Å². The molecule has 2 rings (SSSR count). The Morgan fingerprint density at radius 3 is 2.84 bits per heavy atom. The van der Waals surface area contributed by atoms with Crippen LogP contribution in [0.3, 0.4) is 0 Å². The maximum Gasteiger partial charge on any atom is 0.343 e. The standard InChI is InChI=1S/C16H21N5O3S/c1-3-8-21-15(24)19-20-16(21)25-10-13(22)18-12-7-5-6-11(9-12)14(23)17-4-2/h5-7,9H,3-4,8,10H2,1-2H3,(H,17,23)(H,18,22)(H,19,24). The van der Waals surface area contributed by atoms with Crippen molar-refractivity contribution >= 4 is 29.3 Å². The number of aromatic nitrogens is 3. The quantitative estimate of drug-likeness (QED) is 0.615. The summed E-state index contributed by atoms with van der Waals surface area (Å²) in [5, 5.41) is 12.3. The lowest BCUT2D eigenvalue weighted by Gasteiger charge is -2.08. The molecule has 0 radical (unpaired) electrons. The third-order valence-corrected chi connectivity index (χ3v) is 4.23. The van der Waals surface area contributed by atoms with Crippen molar-refractivity contribution in [2.24, 2.45) is 0 Å². The van der Waals surface area contributed by atoms with Crippen molar-refractivity contribution < 1.29 is 9.59 Å². The summed E-state index contributed by atoms with van der Waals surface area (Å²) in [5.41, 5.74) is 0.748. The smallest absolute Gasteiger partial charge is 0.343 e. The number of thioether (sulfide) groups is 1. The maximum absolute atomic E-state index is 12.1. The minimum absolute atomic E-state index is 0.111. The Labute approximate surface area is 149 Å². The Kier molecular flexibility index (Phi) is 6.81. The number of carbonyl (C=O) groups excluding carboxylic acids is 2. The maximum atomic E-state index is 12.1. The highest BCUT2D eigenvalue weighted by atomic mass is 32.2. The number of aromatic amines is 1. The molecule has 0 fully saturated rings. The van der Waals surface area contributed by atoms with E-state index in [2.05, 4.69) is 20.8 Å². The molecule has 0 aliphatic rings. The van der Waals surface area contributed by atoms with Crippen LogP contribution in [0.1, 0.15) is 30.6 Å². The Hall–Kier alpha value is -2.55. The molecule has 0 unspecified atom stereocenters. The first-order valence-electron chi connectivity index (χ1n) is 8.01. The fourth-order valence-electron chi connectivity index (χ4n) is 2.16. The largest absolute Gasteiger partial charge is 0.352 e. The fraction of sp³-hybridized carbons (Fsp3) is 0.375. The summed E-state index contributed by atoms with van der Waals surface area (Å²) in [4.78, 5) is 35.5. The highest BCUT2D eigenvalue weighted by Gasteiger charge is 2.12. The third kappa shape index (κ3) is 5.21. The summed E-state index contributed by atoms with van der Waals surface area (Å²) in [5.74, 6) is -0.316. The Morgan fingerprint density at radius 2 is 2.12 bits per heavy atom. The number of hydrogen-bond acceptors (Lipinski definition) is 5. The van der Waals surface area contributed by atoms with Gasteiger partial charge in [-0.2, -0.15) is 0 Å². The van der Waals surface area contributed by atoms with E-state index in [1.165, 1.54) is 16.3 Å². The summed E-state index contributed by atoms with van der Waals surface area (Å²) < 4.78 is 1.51. The molecule has 9 heteroatoms. The monoisotopic (exact) mass is 363 g/mol. The molecular weight excluding hydrogens is 342 g/mol. The summed E-state index contributed by atoms with van der Waals surface area (Å²) in [6.45, 7) is 4.89. The van der Waals surface area contributed by atoms with Crippen LogP contribution in [0.15, 0.2) is 34.2 Å². The number of amides is 2. The molecule has 0 aliphatic carbocycles. The van der Waals surface area contributed by atoms with Gasteiger partial charge >= 0.3 is 5.69 Å². The van der Waals surface area contributed by atoms with Crippen molar-refractivity contribution in [3.05, 3.63) is 40.3 Å². The zero-order chi connectivity index (χ0) is 18.2. The first-order valence-corrected chi connectivity index (χ1v) is 8.99. The van der Waals surface area contributed by atoms with Crippen molar-refractivity contribution in [1.29, 1.82) is 0 Å². The third-order valence-electron chi connectivity index (χ3n) is 3.25. The molecule has 0 saturated carbocycles. The highest BCUT2D eigenvalue weighted by Crippen LogP contribution is 2.15. The fourth-order valence-corrected chi connectivity index (χ4v) is 2.93. The zero-order valence-corrected chi connectivity index (χ0v) is 15.0. The number of nitrogens with one attached hydrogen (secondary N) is 3. The van der Waals surface area contributed by atoms with Crippen LogP contribution in [-0.4, -0.2) is 38.9 Å². The van der Waals surface area contributed by atoms with Crippen LogP contribution in [0.2, 0.25) is 0 Å². The SMILES string of the molecule is CCCn1c(SCC(=O)Nc2cccc(C(=O)NCC)c2)n[nH]c1=O.